The first-order chi connectivity index (χ1) is 15.7. The van der Waals surface area contributed by atoms with Crippen molar-refractivity contribution in [2.75, 3.05) is 59.2 Å². The lowest BCUT2D eigenvalue weighted by atomic mass is 9.82. The smallest absolute Gasteiger partial charge is 0.475 e. The Morgan fingerprint density at radius 1 is 1.18 bits per heavy atom. The number of carboxylic acid groups (broad SMARTS) is 1. The van der Waals surface area contributed by atoms with Crippen LogP contribution in [0.1, 0.15) is 18.4 Å². The van der Waals surface area contributed by atoms with E-state index in [1.54, 1.807) is 0 Å². The van der Waals surface area contributed by atoms with Crippen LogP contribution in [0.25, 0.3) is 0 Å². The van der Waals surface area contributed by atoms with Crippen molar-refractivity contribution in [3.05, 3.63) is 35.9 Å². The van der Waals surface area contributed by atoms with E-state index in [9.17, 15) is 18.0 Å². The van der Waals surface area contributed by atoms with Crippen LogP contribution in [0, 0.1) is 11.3 Å². The number of carbonyl (C=O) groups excluding carboxylic acids is 1. The molecule has 1 N–H and O–H groups in total. The maximum absolute atomic E-state index is 12.2. The predicted octanol–water partition coefficient (Wildman–Crippen LogP) is 2.45. The number of alkyl halides is 3. The van der Waals surface area contributed by atoms with Gasteiger partial charge in [0.1, 0.15) is 6.61 Å². The average molecular weight is 473 g/mol. The minimum Gasteiger partial charge on any atom is -0.475 e. The molecule has 0 unspecified atom stereocenters. The molecule has 3 aliphatic heterocycles. The van der Waals surface area contributed by atoms with Crippen molar-refractivity contribution >= 4 is 11.9 Å². The molecular formula is C23H31F3N2O5. The van der Waals surface area contributed by atoms with Crippen molar-refractivity contribution in [2.24, 2.45) is 11.3 Å². The standard InChI is InChI=1S/C21H30N2O3.C2HF3O2/c24-20(23-9-4-5-10-23)14-26-17-21-15-22(12-19(21)13-25-16-21)11-8-18-6-2-1-3-7-18;3-2(4,5)1(6)7/h1-3,6-7,19H,4-5,8-17H2;(H,6,7)/t19-,21+;/m1./s1. The molecule has 1 aromatic rings. The van der Waals surface area contributed by atoms with Crippen LogP contribution in [0.5, 0.6) is 0 Å². The van der Waals surface area contributed by atoms with Crippen molar-refractivity contribution in [2.45, 2.75) is 25.4 Å². The lowest BCUT2D eigenvalue weighted by Crippen LogP contribution is -2.38. The molecule has 0 radical (unpaired) electrons. The molecule has 3 fully saturated rings. The van der Waals surface area contributed by atoms with Crippen LogP contribution in [-0.2, 0) is 25.5 Å². The molecule has 0 aromatic heterocycles. The van der Waals surface area contributed by atoms with Gasteiger partial charge in [-0.1, -0.05) is 30.3 Å². The lowest BCUT2D eigenvalue weighted by molar-refractivity contribution is -0.192. The number of carbonyl (C=O) groups is 2. The van der Waals surface area contributed by atoms with Crippen LogP contribution in [0.4, 0.5) is 13.2 Å². The van der Waals surface area contributed by atoms with Gasteiger partial charge >= 0.3 is 12.1 Å². The number of nitrogens with zero attached hydrogens (tertiary/aromatic N) is 2. The predicted molar refractivity (Wildman–Crippen MR) is 114 cm³/mol. The summed E-state index contributed by atoms with van der Waals surface area (Å²) in [5.74, 6) is -2.08. The molecule has 0 bridgehead atoms. The van der Waals surface area contributed by atoms with Crippen LogP contribution in [0.15, 0.2) is 30.3 Å². The van der Waals surface area contributed by atoms with Gasteiger partial charge in [0.25, 0.3) is 0 Å². The Bertz CT molecular complexity index is 786. The van der Waals surface area contributed by atoms with Gasteiger partial charge in [-0.15, -0.1) is 0 Å². The van der Waals surface area contributed by atoms with Gasteiger partial charge in [0, 0.05) is 44.1 Å². The van der Waals surface area contributed by atoms with Gasteiger partial charge in [0.05, 0.1) is 19.8 Å². The zero-order valence-corrected chi connectivity index (χ0v) is 18.6. The number of hydrogen-bond acceptors (Lipinski definition) is 5. The van der Waals surface area contributed by atoms with E-state index in [0.29, 0.717) is 12.5 Å². The monoisotopic (exact) mass is 472 g/mol. The number of halogens is 3. The van der Waals surface area contributed by atoms with E-state index in [2.05, 4.69) is 35.2 Å². The third kappa shape index (κ3) is 7.15. The van der Waals surface area contributed by atoms with Crippen molar-refractivity contribution in [1.82, 2.24) is 9.80 Å². The summed E-state index contributed by atoms with van der Waals surface area (Å²) in [5, 5.41) is 7.12. The molecule has 33 heavy (non-hydrogen) atoms. The Morgan fingerprint density at radius 3 is 2.48 bits per heavy atom. The maximum Gasteiger partial charge on any atom is 0.490 e. The van der Waals surface area contributed by atoms with Gasteiger partial charge in [-0.2, -0.15) is 13.2 Å². The molecule has 0 aliphatic carbocycles. The normalized spacial score (nSPS) is 24.9. The van der Waals surface area contributed by atoms with Crippen molar-refractivity contribution in [3.8, 4) is 0 Å². The molecule has 184 valence electrons. The van der Waals surface area contributed by atoms with Gasteiger partial charge in [-0.05, 0) is 24.8 Å². The summed E-state index contributed by atoms with van der Waals surface area (Å²) in [6.45, 7) is 7.41. The van der Waals surface area contributed by atoms with E-state index in [1.165, 1.54) is 5.56 Å². The number of amides is 1. The first-order valence-corrected chi connectivity index (χ1v) is 11.2. The van der Waals surface area contributed by atoms with E-state index in [-0.39, 0.29) is 17.9 Å². The zero-order chi connectivity index (χ0) is 23.9. The summed E-state index contributed by atoms with van der Waals surface area (Å²) in [7, 11) is 0. The Morgan fingerprint density at radius 2 is 1.85 bits per heavy atom. The highest BCUT2D eigenvalue weighted by atomic mass is 19.4. The number of hydrogen-bond donors (Lipinski definition) is 1. The number of aliphatic carboxylic acids is 1. The largest absolute Gasteiger partial charge is 0.490 e. The van der Waals surface area contributed by atoms with Gasteiger partial charge in [0.2, 0.25) is 5.91 Å². The molecule has 1 amide bonds. The van der Waals surface area contributed by atoms with E-state index in [1.807, 2.05) is 4.90 Å². The second-order valence-electron chi connectivity index (χ2n) is 8.93. The quantitative estimate of drug-likeness (QED) is 0.657. The topological polar surface area (TPSA) is 79.3 Å². The summed E-state index contributed by atoms with van der Waals surface area (Å²) in [6.07, 6.45) is -1.75. The zero-order valence-electron chi connectivity index (χ0n) is 18.6. The van der Waals surface area contributed by atoms with Crippen molar-refractivity contribution < 1.29 is 37.3 Å². The Balaban J connectivity index is 0.000000383. The van der Waals surface area contributed by atoms with Gasteiger partial charge in [-0.25, -0.2) is 4.79 Å². The fourth-order valence-corrected chi connectivity index (χ4v) is 4.65. The van der Waals surface area contributed by atoms with E-state index in [4.69, 9.17) is 19.4 Å². The first kappa shape index (κ1) is 25.5. The maximum atomic E-state index is 12.2. The van der Waals surface area contributed by atoms with Crippen LogP contribution in [-0.4, -0.2) is 92.1 Å². The molecule has 7 nitrogen and oxygen atoms in total. The highest BCUT2D eigenvalue weighted by molar-refractivity contribution is 5.77. The van der Waals surface area contributed by atoms with Gasteiger partial charge < -0.3 is 24.4 Å². The number of rotatable bonds is 7. The van der Waals surface area contributed by atoms with E-state index >= 15 is 0 Å². The number of benzene rings is 1. The third-order valence-electron chi connectivity index (χ3n) is 6.47. The first-order valence-electron chi connectivity index (χ1n) is 11.2. The summed E-state index contributed by atoms with van der Waals surface area (Å²) in [5.41, 5.74) is 1.46. The Hall–Kier alpha value is -2.17. The SMILES string of the molecule is O=C(COC[C@]12COC[C@H]1CN(CCc1ccccc1)C2)N1CCCC1.O=C(O)C(F)(F)F. The highest BCUT2D eigenvalue weighted by Crippen LogP contribution is 2.41. The Kier molecular flexibility index (Phi) is 8.72. The number of likely N-dealkylation sites (tertiary alicyclic amines) is 2. The summed E-state index contributed by atoms with van der Waals surface area (Å²) in [4.78, 5) is 25.6. The highest BCUT2D eigenvalue weighted by Gasteiger charge is 2.50. The third-order valence-corrected chi connectivity index (χ3v) is 6.47. The van der Waals surface area contributed by atoms with Crippen LogP contribution in [0.3, 0.4) is 0 Å². The summed E-state index contributed by atoms with van der Waals surface area (Å²) >= 11 is 0. The number of ether oxygens (including phenoxy) is 2. The molecule has 0 spiro atoms. The van der Waals surface area contributed by atoms with E-state index < -0.39 is 12.1 Å². The van der Waals surface area contributed by atoms with Gasteiger partial charge in [0.15, 0.2) is 0 Å². The fraction of sp³-hybridized carbons (Fsp3) is 0.652. The average Bonchev–Trinajstić information content (AvgIpc) is 3.49. The second kappa shape index (κ2) is 11.3. The fourth-order valence-electron chi connectivity index (χ4n) is 4.65. The minimum absolute atomic E-state index is 0.0714. The van der Waals surface area contributed by atoms with Crippen LogP contribution in [0.2, 0.25) is 0 Å². The van der Waals surface area contributed by atoms with Crippen molar-refractivity contribution in [1.29, 1.82) is 0 Å². The summed E-state index contributed by atoms with van der Waals surface area (Å²) in [6, 6.07) is 10.7. The lowest BCUT2D eigenvalue weighted by Gasteiger charge is -2.27. The van der Waals surface area contributed by atoms with Crippen LogP contribution >= 0.6 is 0 Å². The molecule has 3 heterocycles. The Labute approximate surface area is 191 Å². The summed E-state index contributed by atoms with van der Waals surface area (Å²) < 4.78 is 43.4. The number of carboxylic acids is 1. The molecule has 1 aromatic carbocycles. The molecule has 10 heteroatoms. The van der Waals surface area contributed by atoms with Crippen molar-refractivity contribution in [3.63, 3.8) is 0 Å². The molecular weight excluding hydrogens is 441 g/mol. The van der Waals surface area contributed by atoms with E-state index in [0.717, 1.165) is 65.2 Å². The molecule has 3 aliphatic rings. The molecule has 0 saturated carbocycles. The molecule has 2 atom stereocenters. The second-order valence-corrected chi connectivity index (χ2v) is 8.93. The number of fused-ring (bicyclic) bond motifs is 1. The minimum atomic E-state index is -5.08. The van der Waals surface area contributed by atoms with Gasteiger partial charge in [-0.3, -0.25) is 4.79 Å². The molecule has 4 rings (SSSR count). The van der Waals surface area contributed by atoms with Crippen LogP contribution < -0.4 is 0 Å². The molecule has 3 saturated heterocycles.